The van der Waals surface area contributed by atoms with Crippen molar-refractivity contribution in [1.29, 1.82) is 0 Å². The molecule has 0 aliphatic carbocycles. The van der Waals surface area contributed by atoms with Crippen molar-refractivity contribution in [3.63, 3.8) is 0 Å². The van der Waals surface area contributed by atoms with Crippen LogP contribution in [-0.2, 0) is 0 Å². The van der Waals surface area contributed by atoms with Gasteiger partial charge < -0.3 is 0 Å². The average molecular weight is 335 g/mol. The lowest BCUT2D eigenvalue weighted by molar-refractivity contribution is 0.0950. The third-order valence-electron chi connectivity index (χ3n) is 3.45. The van der Waals surface area contributed by atoms with E-state index in [1.165, 1.54) is 11.3 Å². The zero-order chi connectivity index (χ0) is 16.9. The second-order valence-electron chi connectivity index (χ2n) is 5.40. The number of benzene rings is 2. The summed E-state index contributed by atoms with van der Waals surface area (Å²) in [4.78, 5) is 17.6. The van der Waals surface area contributed by atoms with Gasteiger partial charge in [-0.15, -0.1) is 11.3 Å². The molecule has 1 N–H and O–H groups in total. The van der Waals surface area contributed by atoms with Crippen molar-refractivity contribution < 1.29 is 4.79 Å². The number of aromatic nitrogens is 1. The Hall–Kier alpha value is -2.79. The van der Waals surface area contributed by atoms with Crippen molar-refractivity contribution in [3.05, 3.63) is 76.3 Å². The van der Waals surface area contributed by atoms with Crippen LogP contribution in [0.25, 0.3) is 10.6 Å². The van der Waals surface area contributed by atoms with Crippen LogP contribution in [0.15, 0.2) is 59.7 Å². The van der Waals surface area contributed by atoms with Gasteiger partial charge in [0.15, 0.2) is 0 Å². The molecule has 5 heteroatoms. The summed E-state index contributed by atoms with van der Waals surface area (Å²) in [5, 5.41) is 4.86. The van der Waals surface area contributed by atoms with Crippen LogP contribution in [-0.4, -0.2) is 17.1 Å². The zero-order valence-electron chi connectivity index (χ0n) is 13.5. The van der Waals surface area contributed by atoms with Crippen LogP contribution in [0.5, 0.6) is 0 Å². The Labute approximate surface area is 144 Å². The number of nitrogens with one attached hydrogen (secondary N) is 1. The highest BCUT2D eigenvalue weighted by Crippen LogP contribution is 2.27. The third-order valence-corrected chi connectivity index (χ3v) is 4.47. The molecule has 120 valence electrons. The first-order chi connectivity index (χ1) is 11.6. The molecule has 0 saturated carbocycles. The minimum atomic E-state index is -0.296. The van der Waals surface area contributed by atoms with E-state index in [1.807, 2.05) is 68.4 Å². The molecule has 1 heterocycles. The van der Waals surface area contributed by atoms with Crippen molar-refractivity contribution in [3.8, 4) is 10.6 Å². The fourth-order valence-corrected chi connectivity index (χ4v) is 3.20. The first-order valence-corrected chi connectivity index (χ1v) is 8.38. The van der Waals surface area contributed by atoms with Gasteiger partial charge in [0.25, 0.3) is 5.91 Å². The monoisotopic (exact) mass is 335 g/mol. The number of aryl methyl sites for hydroxylation is 2. The summed E-state index contributed by atoms with van der Waals surface area (Å²) < 4.78 is 0. The van der Waals surface area contributed by atoms with E-state index >= 15 is 0 Å². The van der Waals surface area contributed by atoms with Gasteiger partial charge >= 0.3 is 0 Å². The molecule has 0 spiro atoms. The zero-order valence-corrected chi connectivity index (χ0v) is 14.3. The molecule has 3 rings (SSSR count). The van der Waals surface area contributed by atoms with Crippen LogP contribution < -0.4 is 5.43 Å². The minimum Gasteiger partial charge on any atom is -0.266 e. The SMILES string of the molecule is Cc1cccc(/C=N\NC(=O)c2nc(-c3ccccc3)sc2C)c1. The molecule has 0 atom stereocenters. The van der Waals surface area contributed by atoms with Gasteiger partial charge in [-0.25, -0.2) is 10.4 Å². The fourth-order valence-electron chi connectivity index (χ4n) is 2.28. The number of carbonyl (C=O) groups excluding carboxylic acids is 1. The van der Waals surface area contributed by atoms with Crippen LogP contribution in [0.2, 0.25) is 0 Å². The molecule has 1 aromatic heterocycles. The molecule has 0 bridgehead atoms. The lowest BCUT2D eigenvalue weighted by atomic mass is 10.2. The van der Waals surface area contributed by atoms with E-state index in [-0.39, 0.29) is 5.91 Å². The molecule has 0 fully saturated rings. The van der Waals surface area contributed by atoms with Crippen molar-refractivity contribution in [2.24, 2.45) is 5.10 Å². The smallest absolute Gasteiger partial charge is 0.266 e. The highest BCUT2D eigenvalue weighted by Gasteiger charge is 2.15. The highest BCUT2D eigenvalue weighted by molar-refractivity contribution is 7.15. The Morgan fingerprint density at radius 2 is 1.92 bits per heavy atom. The molecule has 2 aromatic carbocycles. The summed E-state index contributed by atoms with van der Waals surface area (Å²) in [5.41, 5.74) is 6.06. The van der Waals surface area contributed by atoms with Crippen LogP contribution >= 0.6 is 11.3 Å². The second-order valence-corrected chi connectivity index (χ2v) is 6.61. The van der Waals surface area contributed by atoms with Crippen LogP contribution in [0.3, 0.4) is 0 Å². The van der Waals surface area contributed by atoms with Crippen molar-refractivity contribution in [2.45, 2.75) is 13.8 Å². The van der Waals surface area contributed by atoms with Gasteiger partial charge in [-0.1, -0.05) is 60.2 Å². The number of hydrazone groups is 1. The lowest BCUT2D eigenvalue weighted by Crippen LogP contribution is -2.18. The summed E-state index contributed by atoms with van der Waals surface area (Å²) >= 11 is 1.50. The highest BCUT2D eigenvalue weighted by atomic mass is 32.1. The second kappa shape index (κ2) is 7.19. The predicted molar refractivity (Wildman–Crippen MR) is 98.5 cm³/mol. The number of rotatable bonds is 4. The molecule has 24 heavy (non-hydrogen) atoms. The minimum absolute atomic E-state index is 0.296. The molecule has 1 amide bonds. The number of amides is 1. The number of hydrogen-bond donors (Lipinski definition) is 1. The standard InChI is InChI=1S/C19H17N3OS/c1-13-7-6-8-15(11-13)12-20-22-18(23)17-14(2)24-19(21-17)16-9-4-3-5-10-16/h3-12H,1-2H3,(H,22,23)/b20-12-. The summed E-state index contributed by atoms with van der Waals surface area (Å²) in [6.07, 6.45) is 1.63. The maximum absolute atomic E-state index is 12.3. The predicted octanol–water partition coefficient (Wildman–Crippen LogP) is 4.19. The summed E-state index contributed by atoms with van der Waals surface area (Å²) in [7, 11) is 0. The van der Waals surface area contributed by atoms with E-state index in [0.29, 0.717) is 5.69 Å². The van der Waals surface area contributed by atoms with Gasteiger partial charge in [0.1, 0.15) is 10.7 Å². The Bertz CT molecular complexity index is 885. The van der Waals surface area contributed by atoms with E-state index < -0.39 is 0 Å². The van der Waals surface area contributed by atoms with Gasteiger partial charge in [0.2, 0.25) is 0 Å². The van der Waals surface area contributed by atoms with E-state index in [9.17, 15) is 4.79 Å². The van der Waals surface area contributed by atoms with E-state index in [4.69, 9.17) is 0 Å². The van der Waals surface area contributed by atoms with Crippen LogP contribution in [0, 0.1) is 13.8 Å². The van der Waals surface area contributed by atoms with Gasteiger partial charge in [-0.2, -0.15) is 5.10 Å². The van der Waals surface area contributed by atoms with Crippen molar-refractivity contribution >= 4 is 23.5 Å². The number of carbonyl (C=O) groups is 1. The van der Waals surface area contributed by atoms with Gasteiger partial charge in [0.05, 0.1) is 6.21 Å². The fraction of sp³-hybridized carbons (Fsp3) is 0.105. The molecule has 0 unspecified atom stereocenters. The number of thiazole rings is 1. The molecule has 0 aliphatic heterocycles. The quantitative estimate of drug-likeness (QED) is 0.574. The molecule has 0 aliphatic rings. The topological polar surface area (TPSA) is 54.4 Å². The molecule has 4 nitrogen and oxygen atoms in total. The molecular formula is C19H17N3OS. The Morgan fingerprint density at radius 3 is 2.67 bits per heavy atom. The molecule has 3 aromatic rings. The summed E-state index contributed by atoms with van der Waals surface area (Å²) in [6, 6.07) is 17.7. The molecule has 0 radical (unpaired) electrons. The normalized spacial score (nSPS) is 10.9. The van der Waals surface area contributed by atoms with Crippen molar-refractivity contribution in [1.82, 2.24) is 10.4 Å². The molecule has 0 saturated heterocycles. The Balaban J connectivity index is 1.73. The van der Waals surface area contributed by atoms with Gasteiger partial charge in [-0.3, -0.25) is 4.79 Å². The Morgan fingerprint density at radius 1 is 1.12 bits per heavy atom. The average Bonchev–Trinajstić information content (AvgIpc) is 2.98. The van der Waals surface area contributed by atoms with Crippen LogP contribution in [0.4, 0.5) is 0 Å². The number of nitrogens with zero attached hydrogens (tertiary/aromatic N) is 2. The molecular weight excluding hydrogens is 318 g/mol. The Kier molecular flexibility index (Phi) is 4.82. The lowest BCUT2D eigenvalue weighted by Gasteiger charge is -1.98. The number of hydrogen-bond acceptors (Lipinski definition) is 4. The van der Waals surface area contributed by atoms with Crippen LogP contribution in [0.1, 0.15) is 26.5 Å². The third kappa shape index (κ3) is 3.75. The van der Waals surface area contributed by atoms with E-state index in [2.05, 4.69) is 15.5 Å². The largest absolute Gasteiger partial charge is 0.291 e. The first-order valence-electron chi connectivity index (χ1n) is 7.56. The van der Waals surface area contributed by atoms with E-state index in [1.54, 1.807) is 6.21 Å². The summed E-state index contributed by atoms with van der Waals surface area (Å²) in [5.74, 6) is -0.296. The van der Waals surface area contributed by atoms with Crippen molar-refractivity contribution in [2.75, 3.05) is 0 Å². The maximum atomic E-state index is 12.3. The first kappa shape index (κ1) is 16.1. The maximum Gasteiger partial charge on any atom is 0.291 e. The summed E-state index contributed by atoms with van der Waals surface area (Å²) in [6.45, 7) is 3.91. The van der Waals surface area contributed by atoms with Gasteiger partial charge in [0, 0.05) is 10.4 Å². The van der Waals surface area contributed by atoms with E-state index in [0.717, 1.165) is 26.6 Å². The van der Waals surface area contributed by atoms with Gasteiger partial charge in [-0.05, 0) is 19.4 Å².